The second-order valence-corrected chi connectivity index (χ2v) is 4.44. The zero-order valence-electron chi connectivity index (χ0n) is 9.88. The Morgan fingerprint density at radius 1 is 1.32 bits per heavy atom. The first kappa shape index (κ1) is 12.1. The number of nitrogens with zero attached hydrogens (tertiary/aromatic N) is 2. The lowest BCUT2D eigenvalue weighted by Gasteiger charge is -2.11. The Kier molecular flexibility index (Phi) is 3.16. The smallest absolute Gasteiger partial charge is 0.152 e. The molecule has 96 valence electrons. The summed E-state index contributed by atoms with van der Waals surface area (Å²) in [5, 5.41) is 1.49. The lowest BCUT2D eigenvalue weighted by atomic mass is 10.1. The molecule has 0 aliphatic carbocycles. The van der Waals surface area contributed by atoms with E-state index < -0.39 is 0 Å². The van der Waals surface area contributed by atoms with Crippen LogP contribution in [0.15, 0.2) is 47.3 Å². The maximum absolute atomic E-state index is 6.09. The standard InChI is InChI=1S/C13H11ClN4O/c14-9-3-1-2-8-6-11(19-13(8)9)12(18-15)10-7-16-4-5-17-10/h1-7,12,18H,15H2. The third-order valence-corrected chi connectivity index (χ3v) is 3.14. The monoisotopic (exact) mass is 274 g/mol. The fraction of sp³-hybridized carbons (Fsp3) is 0.0769. The number of rotatable bonds is 3. The van der Waals surface area contributed by atoms with Crippen LogP contribution in [0.2, 0.25) is 5.02 Å². The van der Waals surface area contributed by atoms with Crippen molar-refractivity contribution >= 4 is 22.6 Å². The largest absolute Gasteiger partial charge is 0.457 e. The van der Waals surface area contributed by atoms with Gasteiger partial charge in [-0.15, -0.1) is 0 Å². The zero-order chi connectivity index (χ0) is 13.2. The summed E-state index contributed by atoms with van der Waals surface area (Å²) in [5.74, 6) is 6.23. The van der Waals surface area contributed by atoms with Crippen molar-refractivity contribution in [2.45, 2.75) is 6.04 Å². The molecule has 2 aromatic heterocycles. The first-order valence-electron chi connectivity index (χ1n) is 5.69. The predicted octanol–water partition coefficient (Wildman–Crippen LogP) is 2.43. The summed E-state index contributed by atoms with van der Waals surface area (Å²) in [5.41, 5.74) is 4.00. The van der Waals surface area contributed by atoms with Crippen molar-refractivity contribution in [2.75, 3.05) is 0 Å². The summed E-state index contributed by atoms with van der Waals surface area (Å²) in [6.07, 6.45) is 4.85. The number of hydrazine groups is 1. The summed E-state index contributed by atoms with van der Waals surface area (Å²) < 4.78 is 5.76. The van der Waals surface area contributed by atoms with E-state index in [2.05, 4.69) is 15.4 Å². The fourth-order valence-electron chi connectivity index (χ4n) is 1.96. The highest BCUT2D eigenvalue weighted by Gasteiger charge is 2.19. The molecule has 0 bridgehead atoms. The van der Waals surface area contributed by atoms with Gasteiger partial charge in [-0.2, -0.15) is 0 Å². The molecule has 5 nitrogen and oxygen atoms in total. The highest BCUT2D eigenvalue weighted by atomic mass is 35.5. The summed E-state index contributed by atoms with van der Waals surface area (Å²) in [6, 6.07) is 7.11. The van der Waals surface area contributed by atoms with E-state index in [1.54, 1.807) is 24.7 Å². The van der Waals surface area contributed by atoms with Crippen LogP contribution >= 0.6 is 11.6 Å². The molecule has 3 N–H and O–H groups in total. The van der Waals surface area contributed by atoms with Crippen LogP contribution in [0.5, 0.6) is 0 Å². The predicted molar refractivity (Wildman–Crippen MR) is 72.4 cm³/mol. The Balaban J connectivity index is 2.09. The Labute approximate surface area is 114 Å². The van der Waals surface area contributed by atoms with Crippen LogP contribution in [0.25, 0.3) is 11.0 Å². The average molecular weight is 275 g/mol. The van der Waals surface area contributed by atoms with Crippen molar-refractivity contribution in [3.63, 3.8) is 0 Å². The number of hydrogen-bond donors (Lipinski definition) is 2. The Hall–Kier alpha value is -1.95. The molecule has 2 heterocycles. The highest BCUT2D eigenvalue weighted by molar-refractivity contribution is 6.34. The summed E-state index contributed by atoms with van der Waals surface area (Å²) in [4.78, 5) is 8.25. The van der Waals surface area contributed by atoms with Gasteiger partial charge < -0.3 is 4.42 Å². The molecule has 1 aromatic carbocycles. The van der Waals surface area contributed by atoms with Crippen molar-refractivity contribution in [3.8, 4) is 0 Å². The maximum Gasteiger partial charge on any atom is 0.152 e. The molecule has 0 saturated carbocycles. The van der Waals surface area contributed by atoms with Crippen LogP contribution < -0.4 is 11.3 Å². The van der Waals surface area contributed by atoms with E-state index in [4.69, 9.17) is 21.9 Å². The third kappa shape index (κ3) is 2.19. The zero-order valence-corrected chi connectivity index (χ0v) is 10.6. The van der Waals surface area contributed by atoms with E-state index in [1.165, 1.54) is 0 Å². The first-order chi connectivity index (χ1) is 9.29. The number of aromatic nitrogens is 2. The van der Waals surface area contributed by atoms with E-state index in [0.717, 1.165) is 5.39 Å². The van der Waals surface area contributed by atoms with Gasteiger partial charge in [0.2, 0.25) is 0 Å². The van der Waals surface area contributed by atoms with Gasteiger partial charge in [-0.05, 0) is 12.1 Å². The second-order valence-electron chi connectivity index (χ2n) is 4.04. The van der Waals surface area contributed by atoms with Crippen LogP contribution in [0.1, 0.15) is 17.5 Å². The SMILES string of the molecule is NNC(c1cnccn1)c1cc2cccc(Cl)c2o1. The lowest BCUT2D eigenvalue weighted by molar-refractivity contribution is 0.470. The molecule has 3 rings (SSSR count). The molecule has 0 fully saturated rings. The lowest BCUT2D eigenvalue weighted by Crippen LogP contribution is -2.29. The van der Waals surface area contributed by atoms with Gasteiger partial charge >= 0.3 is 0 Å². The minimum Gasteiger partial charge on any atom is -0.457 e. The number of halogens is 1. The molecule has 0 aliphatic rings. The van der Waals surface area contributed by atoms with Crippen molar-refractivity contribution in [3.05, 3.63) is 59.3 Å². The highest BCUT2D eigenvalue weighted by Crippen LogP contribution is 2.30. The van der Waals surface area contributed by atoms with Crippen LogP contribution in [0.4, 0.5) is 0 Å². The van der Waals surface area contributed by atoms with E-state index in [0.29, 0.717) is 22.1 Å². The van der Waals surface area contributed by atoms with Crippen LogP contribution in [-0.2, 0) is 0 Å². The molecule has 0 aliphatic heterocycles. The van der Waals surface area contributed by atoms with E-state index in [9.17, 15) is 0 Å². The van der Waals surface area contributed by atoms with Gasteiger partial charge in [0.1, 0.15) is 11.8 Å². The molecular weight excluding hydrogens is 264 g/mol. The van der Waals surface area contributed by atoms with Crippen LogP contribution in [-0.4, -0.2) is 9.97 Å². The van der Waals surface area contributed by atoms with Crippen molar-refractivity contribution in [1.29, 1.82) is 0 Å². The average Bonchev–Trinajstić information content (AvgIpc) is 2.86. The molecule has 19 heavy (non-hydrogen) atoms. The van der Waals surface area contributed by atoms with Gasteiger partial charge in [-0.25, -0.2) is 5.43 Å². The quantitative estimate of drug-likeness (QED) is 0.567. The van der Waals surface area contributed by atoms with Crippen LogP contribution in [0, 0.1) is 0 Å². The van der Waals surface area contributed by atoms with Crippen molar-refractivity contribution in [2.24, 2.45) is 5.84 Å². The fourth-order valence-corrected chi connectivity index (χ4v) is 2.18. The second kappa shape index (κ2) is 4.97. The van der Waals surface area contributed by atoms with Gasteiger partial charge in [-0.3, -0.25) is 15.8 Å². The van der Waals surface area contributed by atoms with Gasteiger partial charge in [0.25, 0.3) is 0 Å². The third-order valence-electron chi connectivity index (χ3n) is 2.85. The van der Waals surface area contributed by atoms with E-state index in [1.807, 2.05) is 18.2 Å². The van der Waals surface area contributed by atoms with Crippen molar-refractivity contribution < 1.29 is 4.42 Å². The first-order valence-corrected chi connectivity index (χ1v) is 6.07. The molecule has 0 radical (unpaired) electrons. The molecule has 0 saturated heterocycles. The molecule has 6 heteroatoms. The van der Waals surface area contributed by atoms with Gasteiger partial charge in [0.05, 0.1) is 16.9 Å². The van der Waals surface area contributed by atoms with Gasteiger partial charge in [0.15, 0.2) is 5.58 Å². The Morgan fingerprint density at radius 3 is 2.89 bits per heavy atom. The van der Waals surface area contributed by atoms with Gasteiger partial charge in [-0.1, -0.05) is 23.7 Å². The number of nitrogens with two attached hydrogens (primary N) is 1. The molecule has 3 aromatic rings. The number of hydrogen-bond acceptors (Lipinski definition) is 5. The van der Waals surface area contributed by atoms with E-state index >= 15 is 0 Å². The summed E-state index contributed by atoms with van der Waals surface area (Å²) in [7, 11) is 0. The number of furan rings is 1. The van der Waals surface area contributed by atoms with Crippen molar-refractivity contribution in [1.82, 2.24) is 15.4 Å². The number of benzene rings is 1. The Bertz CT molecular complexity index is 698. The van der Waals surface area contributed by atoms with E-state index in [-0.39, 0.29) is 6.04 Å². The molecular formula is C13H11ClN4O. The van der Waals surface area contributed by atoms with Gasteiger partial charge in [0, 0.05) is 17.8 Å². The minimum atomic E-state index is -0.364. The number of fused-ring (bicyclic) bond motifs is 1. The maximum atomic E-state index is 6.09. The van der Waals surface area contributed by atoms with Crippen LogP contribution in [0.3, 0.4) is 0 Å². The molecule has 0 spiro atoms. The number of para-hydroxylation sites is 1. The topological polar surface area (TPSA) is 77.0 Å². The number of nitrogens with one attached hydrogen (secondary N) is 1. The summed E-state index contributed by atoms with van der Waals surface area (Å²) >= 11 is 6.09. The molecule has 1 atom stereocenters. The normalized spacial score (nSPS) is 12.7. The minimum absolute atomic E-state index is 0.364. The Morgan fingerprint density at radius 2 is 2.21 bits per heavy atom. The molecule has 1 unspecified atom stereocenters. The summed E-state index contributed by atoms with van der Waals surface area (Å²) in [6.45, 7) is 0. The molecule has 0 amide bonds.